The van der Waals surface area contributed by atoms with Crippen molar-refractivity contribution in [1.29, 1.82) is 0 Å². The van der Waals surface area contributed by atoms with Gasteiger partial charge in [0.15, 0.2) is 0 Å². The number of rotatable bonds is 8. The van der Waals surface area contributed by atoms with Crippen LogP contribution in [0.1, 0.15) is 19.8 Å². The Bertz CT molecular complexity index is 185. The van der Waals surface area contributed by atoms with Gasteiger partial charge in [0, 0.05) is 6.54 Å². The van der Waals surface area contributed by atoms with E-state index in [9.17, 15) is 4.79 Å². The molecule has 0 aliphatic heterocycles. The number of carboxylic acid groups (broad SMARTS) is 1. The Morgan fingerprint density at radius 3 is 3.07 bits per heavy atom. The molecule has 1 atom stereocenters. The van der Waals surface area contributed by atoms with E-state index >= 15 is 0 Å². The highest BCUT2D eigenvalue weighted by Crippen LogP contribution is 1.94. The minimum Gasteiger partial charge on any atom is -0.480 e. The maximum atomic E-state index is 10.3. The molecular formula is C8H17N3O3. The molecule has 0 fully saturated rings. The molecule has 6 heteroatoms. The molecule has 4 N–H and O–H groups in total. The Hall–Kier alpha value is -1.14. The summed E-state index contributed by atoms with van der Waals surface area (Å²) in [6.45, 7) is 2.96. The van der Waals surface area contributed by atoms with Crippen LogP contribution < -0.4 is 11.2 Å². The van der Waals surface area contributed by atoms with Gasteiger partial charge in [-0.25, -0.2) is 0 Å². The van der Waals surface area contributed by atoms with Gasteiger partial charge in [0.25, 0.3) is 0 Å². The van der Waals surface area contributed by atoms with Gasteiger partial charge in [-0.2, -0.15) is 0 Å². The van der Waals surface area contributed by atoms with Crippen molar-refractivity contribution < 1.29 is 14.7 Å². The number of carbonyl (C=O) groups is 1. The lowest BCUT2D eigenvalue weighted by atomic mass is 10.2. The molecule has 0 spiro atoms. The summed E-state index contributed by atoms with van der Waals surface area (Å²) in [7, 11) is 0. The summed E-state index contributed by atoms with van der Waals surface area (Å²) >= 11 is 0. The fraction of sp³-hybridized carbons (Fsp3) is 0.750. The first-order chi connectivity index (χ1) is 6.68. The van der Waals surface area contributed by atoms with Crippen LogP contribution in [0.25, 0.3) is 0 Å². The average Bonchev–Trinajstić information content (AvgIpc) is 2.16. The molecule has 0 amide bonds. The molecule has 6 nitrogen and oxygen atoms in total. The van der Waals surface area contributed by atoms with E-state index in [1.165, 1.54) is 6.34 Å². The maximum absolute atomic E-state index is 10.3. The second kappa shape index (κ2) is 8.46. The van der Waals surface area contributed by atoms with Gasteiger partial charge in [0.2, 0.25) is 0 Å². The molecule has 0 aromatic heterocycles. The summed E-state index contributed by atoms with van der Waals surface area (Å²) < 4.78 is 0. The Morgan fingerprint density at radius 2 is 2.50 bits per heavy atom. The first-order valence-corrected chi connectivity index (χ1v) is 4.52. The van der Waals surface area contributed by atoms with Gasteiger partial charge in [-0.3, -0.25) is 20.1 Å². The highest BCUT2D eigenvalue weighted by molar-refractivity contribution is 5.72. The van der Waals surface area contributed by atoms with Gasteiger partial charge < -0.3 is 10.8 Å². The molecule has 0 heterocycles. The third-order valence-electron chi connectivity index (χ3n) is 1.49. The summed E-state index contributed by atoms with van der Waals surface area (Å²) in [6.07, 6.45) is 2.52. The molecule has 0 unspecified atom stereocenters. The number of aliphatic carboxylic acids is 1. The van der Waals surface area contributed by atoms with Crippen molar-refractivity contribution in [2.75, 3.05) is 13.2 Å². The van der Waals surface area contributed by atoms with Crippen molar-refractivity contribution in [2.45, 2.75) is 25.8 Å². The van der Waals surface area contributed by atoms with Crippen LogP contribution in [0.15, 0.2) is 4.99 Å². The summed E-state index contributed by atoms with van der Waals surface area (Å²) in [6, 6.07) is -0.787. The van der Waals surface area contributed by atoms with E-state index in [2.05, 4.69) is 10.5 Å². The van der Waals surface area contributed by atoms with Crippen molar-refractivity contribution in [1.82, 2.24) is 5.48 Å². The molecule has 14 heavy (non-hydrogen) atoms. The Balaban J connectivity index is 3.28. The molecule has 0 aliphatic carbocycles. The Labute approximate surface area is 83.1 Å². The van der Waals surface area contributed by atoms with Crippen LogP contribution in [0, 0.1) is 0 Å². The van der Waals surface area contributed by atoms with Crippen molar-refractivity contribution in [3.05, 3.63) is 0 Å². The second-order valence-corrected chi connectivity index (χ2v) is 2.67. The Kier molecular flexibility index (Phi) is 7.77. The third-order valence-corrected chi connectivity index (χ3v) is 1.49. The zero-order chi connectivity index (χ0) is 10.8. The van der Waals surface area contributed by atoms with E-state index in [0.29, 0.717) is 26.0 Å². The minimum atomic E-state index is -0.971. The molecule has 0 aromatic rings. The van der Waals surface area contributed by atoms with Gasteiger partial charge in [0.05, 0.1) is 6.61 Å². The predicted molar refractivity (Wildman–Crippen MR) is 53.0 cm³/mol. The number of aliphatic imine (C=N–C) groups is 1. The zero-order valence-corrected chi connectivity index (χ0v) is 8.27. The van der Waals surface area contributed by atoms with Crippen LogP contribution in [0.3, 0.4) is 0 Å². The SMILES string of the molecule is CCONC=NCCC[C@H](N)C(=O)O. The van der Waals surface area contributed by atoms with Gasteiger partial charge in [-0.1, -0.05) is 0 Å². The smallest absolute Gasteiger partial charge is 0.320 e. The second-order valence-electron chi connectivity index (χ2n) is 2.67. The van der Waals surface area contributed by atoms with E-state index in [1.807, 2.05) is 6.92 Å². The van der Waals surface area contributed by atoms with Crippen LogP contribution in [-0.2, 0) is 9.63 Å². The van der Waals surface area contributed by atoms with E-state index in [0.717, 1.165) is 0 Å². The minimum absolute atomic E-state index is 0.432. The van der Waals surface area contributed by atoms with Gasteiger partial charge in [0.1, 0.15) is 12.4 Å². The van der Waals surface area contributed by atoms with Crippen LogP contribution in [0.5, 0.6) is 0 Å². The van der Waals surface area contributed by atoms with E-state index in [1.54, 1.807) is 0 Å². The quantitative estimate of drug-likeness (QED) is 0.219. The monoisotopic (exact) mass is 203 g/mol. The molecule has 0 saturated carbocycles. The molecule has 0 aromatic carbocycles. The Morgan fingerprint density at radius 1 is 1.79 bits per heavy atom. The predicted octanol–water partition coefficient (Wildman–Crippen LogP) is -0.252. The van der Waals surface area contributed by atoms with E-state index in [-0.39, 0.29) is 0 Å². The standard InChI is InChI=1S/C8H17N3O3/c1-2-14-11-6-10-5-3-4-7(9)8(12)13/h6-7H,2-5,9H2,1H3,(H,10,11)(H,12,13)/t7-/m0/s1. The fourth-order valence-electron chi connectivity index (χ4n) is 0.748. The zero-order valence-electron chi connectivity index (χ0n) is 8.27. The van der Waals surface area contributed by atoms with Gasteiger partial charge in [-0.15, -0.1) is 0 Å². The highest BCUT2D eigenvalue weighted by atomic mass is 16.6. The summed E-state index contributed by atoms with van der Waals surface area (Å²) in [5.74, 6) is -0.971. The molecule has 0 aliphatic rings. The normalized spacial score (nSPS) is 13.0. The number of nitrogens with two attached hydrogens (primary N) is 1. The van der Waals surface area contributed by atoms with E-state index < -0.39 is 12.0 Å². The number of hydrogen-bond donors (Lipinski definition) is 3. The lowest BCUT2D eigenvalue weighted by molar-refractivity contribution is -0.138. The first-order valence-electron chi connectivity index (χ1n) is 4.52. The van der Waals surface area contributed by atoms with Crippen LogP contribution in [0.4, 0.5) is 0 Å². The average molecular weight is 203 g/mol. The number of hydroxylamine groups is 1. The molecule has 0 rings (SSSR count). The molecular weight excluding hydrogens is 186 g/mol. The lowest BCUT2D eigenvalue weighted by Gasteiger charge is -2.03. The molecule has 0 saturated heterocycles. The highest BCUT2D eigenvalue weighted by Gasteiger charge is 2.09. The van der Waals surface area contributed by atoms with Crippen LogP contribution >= 0.6 is 0 Å². The number of nitrogens with zero attached hydrogens (tertiary/aromatic N) is 1. The van der Waals surface area contributed by atoms with Gasteiger partial charge in [-0.05, 0) is 19.8 Å². The fourth-order valence-corrected chi connectivity index (χ4v) is 0.748. The van der Waals surface area contributed by atoms with Crippen molar-refractivity contribution >= 4 is 12.3 Å². The first kappa shape index (κ1) is 12.9. The molecule has 0 bridgehead atoms. The summed E-state index contributed by atoms with van der Waals surface area (Å²) in [4.78, 5) is 19.0. The van der Waals surface area contributed by atoms with Crippen LogP contribution in [-0.4, -0.2) is 36.6 Å². The maximum Gasteiger partial charge on any atom is 0.320 e. The third kappa shape index (κ3) is 7.51. The van der Waals surface area contributed by atoms with Crippen molar-refractivity contribution in [3.8, 4) is 0 Å². The summed E-state index contributed by atoms with van der Waals surface area (Å²) in [5.41, 5.74) is 7.79. The largest absolute Gasteiger partial charge is 0.480 e. The topological polar surface area (TPSA) is 96.9 Å². The lowest BCUT2D eigenvalue weighted by Crippen LogP contribution is -2.29. The van der Waals surface area contributed by atoms with Gasteiger partial charge >= 0.3 is 5.97 Å². The number of hydrogen-bond acceptors (Lipinski definition) is 4. The number of nitrogens with one attached hydrogen (secondary N) is 1. The summed E-state index contributed by atoms with van der Waals surface area (Å²) in [5, 5.41) is 8.46. The van der Waals surface area contributed by atoms with Crippen molar-refractivity contribution in [2.24, 2.45) is 10.7 Å². The van der Waals surface area contributed by atoms with Crippen LogP contribution in [0.2, 0.25) is 0 Å². The van der Waals surface area contributed by atoms with E-state index in [4.69, 9.17) is 15.7 Å². The van der Waals surface area contributed by atoms with Crippen molar-refractivity contribution in [3.63, 3.8) is 0 Å². The molecule has 0 radical (unpaired) electrons. The number of carboxylic acids is 1. The molecule has 82 valence electrons.